The maximum absolute atomic E-state index is 9.06. The molecule has 0 unspecified atom stereocenters. The molecule has 1 aromatic carbocycles. The number of thiazole rings is 1. The number of aliphatic hydroxyl groups excluding tert-OH is 1. The van der Waals surface area contributed by atoms with Crippen molar-refractivity contribution in [3.8, 4) is 17.3 Å². The summed E-state index contributed by atoms with van der Waals surface area (Å²) < 4.78 is 0. The van der Waals surface area contributed by atoms with Crippen molar-refractivity contribution >= 4 is 16.5 Å². The van der Waals surface area contributed by atoms with Crippen molar-refractivity contribution in [3.63, 3.8) is 0 Å². The van der Waals surface area contributed by atoms with Crippen molar-refractivity contribution < 1.29 is 5.11 Å². The maximum Gasteiger partial charge on any atom is 0.184 e. The Morgan fingerprint density at radius 2 is 2.12 bits per heavy atom. The van der Waals surface area contributed by atoms with E-state index in [4.69, 9.17) is 10.4 Å². The molecular weight excluding hydrogens is 234 g/mol. The Labute approximate surface area is 103 Å². The number of nitriles is 1. The fourth-order valence-electron chi connectivity index (χ4n) is 1.43. The van der Waals surface area contributed by atoms with E-state index in [0.717, 1.165) is 5.56 Å². The van der Waals surface area contributed by atoms with Crippen LogP contribution in [0.15, 0.2) is 30.3 Å². The number of nitrogens with zero attached hydrogens (tertiary/aromatic N) is 2. The lowest BCUT2D eigenvalue weighted by Gasteiger charge is -1.97. The lowest BCUT2D eigenvalue weighted by molar-refractivity contribution is 0.311. The van der Waals surface area contributed by atoms with Crippen LogP contribution < -0.4 is 5.32 Å². The van der Waals surface area contributed by atoms with Crippen LogP contribution in [0, 0.1) is 11.3 Å². The normalized spacial score (nSPS) is 9.88. The van der Waals surface area contributed by atoms with Crippen LogP contribution in [0.4, 0.5) is 5.13 Å². The zero-order valence-electron chi connectivity index (χ0n) is 9.05. The van der Waals surface area contributed by atoms with Crippen LogP contribution in [0.1, 0.15) is 4.88 Å². The van der Waals surface area contributed by atoms with Crippen LogP contribution in [0.3, 0.4) is 0 Å². The highest BCUT2D eigenvalue weighted by molar-refractivity contribution is 7.16. The first-order valence-corrected chi connectivity index (χ1v) is 5.98. The van der Waals surface area contributed by atoms with Gasteiger partial charge in [-0.2, -0.15) is 5.26 Å². The van der Waals surface area contributed by atoms with Gasteiger partial charge in [0.05, 0.1) is 6.61 Å². The second kappa shape index (κ2) is 5.43. The summed E-state index contributed by atoms with van der Waals surface area (Å²) in [6.07, 6.45) is 0. The molecule has 2 aromatic rings. The SMILES string of the molecule is N#Cc1sc(NCCO)nc1-c1ccccc1. The first kappa shape index (κ1) is 11.6. The Bertz CT molecular complexity index is 530. The van der Waals surface area contributed by atoms with Crippen LogP contribution in [-0.2, 0) is 0 Å². The molecular formula is C12H11N3OS. The molecule has 2 rings (SSSR count). The second-order valence-electron chi connectivity index (χ2n) is 3.32. The first-order chi connectivity index (χ1) is 8.35. The molecule has 0 radical (unpaired) electrons. The van der Waals surface area contributed by atoms with Crippen molar-refractivity contribution in [1.29, 1.82) is 5.26 Å². The lowest BCUT2D eigenvalue weighted by atomic mass is 10.1. The third-order valence-electron chi connectivity index (χ3n) is 2.16. The molecule has 0 amide bonds. The highest BCUT2D eigenvalue weighted by Gasteiger charge is 2.11. The molecule has 0 aliphatic rings. The molecule has 4 nitrogen and oxygen atoms in total. The van der Waals surface area contributed by atoms with E-state index in [1.54, 1.807) is 0 Å². The van der Waals surface area contributed by atoms with Crippen LogP contribution in [0.5, 0.6) is 0 Å². The summed E-state index contributed by atoms with van der Waals surface area (Å²) in [4.78, 5) is 4.94. The van der Waals surface area contributed by atoms with Crippen molar-refractivity contribution in [2.75, 3.05) is 18.5 Å². The molecule has 0 spiro atoms. The minimum atomic E-state index is 0.0438. The summed E-state index contributed by atoms with van der Waals surface area (Å²) in [6, 6.07) is 11.7. The van der Waals surface area contributed by atoms with Crippen LogP contribution >= 0.6 is 11.3 Å². The van der Waals surface area contributed by atoms with Crippen LogP contribution in [0.25, 0.3) is 11.3 Å². The van der Waals surface area contributed by atoms with Gasteiger partial charge in [0.2, 0.25) is 0 Å². The second-order valence-corrected chi connectivity index (χ2v) is 4.32. The average molecular weight is 245 g/mol. The smallest absolute Gasteiger partial charge is 0.184 e. The zero-order valence-corrected chi connectivity index (χ0v) is 9.87. The monoisotopic (exact) mass is 245 g/mol. The summed E-state index contributed by atoms with van der Waals surface area (Å²) in [5.74, 6) is 0. The minimum absolute atomic E-state index is 0.0438. The molecule has 1 heterocycles. The average Bonchev–Trinajstić information content (AvgIpc) is 2.80. The van der Waals surface area contributed by atoms with E-state index in [-0.39, 0.29) is 6.61 Å². The molecule has 86 valence electrons. The molecule has 0 fully saturated rings. The predicted molar refractivity (Wildman–Crippen MR) is 67.8 cm³/mol. The molecule has 0 aliphatic heterocycles. The number of benzene rings is 1. The predicted octanol–water partition coefficient (Wildman–Crippen LogP) is 2.09. The fraction of sp³-hybridized carbons (Fsp3) is 0.167. The first-order valence-electron chi connectivity index (χ1n) is 5.16. The van der Waals surface area contributed by atoms with E-state index >= 15 is 0 Å². The van der Waals surface area contributed by atoms with Gasteiger partial charge in [0.15, 0.2) is 5.13 Å². The van der Waals surface area contributed by atoms with Gasteiger partial charge >= 0.3 is 0 Å². The van der Waals surface area contributed by atoms with Gasteiger partial charge in [-0.1, -0.05) is 41.7 Å². The van der Waals surface area contributed by atoms with Gasteiger partial charge in [0.25, 0.3) is 0 Å². The highest BCUT2D eigenvalue weighted by atomic mass is 32.1. The van der Waals surface area contributed by atoms with Gasteiger partial charge in [-0.15, -0.1) is 0 Å². The summed E-state index contributed by atoms with van der Waals surface area (Å²) in [5, 5.41) is 21.4. The number of rotatable bonds is 4. The van der Waals surface area contributed by atoms with E-state index in [0.29, 0.717) is 22.2 Å². The van der Waals surface area contributed by atoms with Crippen LogP contribution in [0.2, 0.25) is 0 Å². The Morgan fingerprint density at radius 3 is 2.76 bits per heavy atom. The van der Waals surface area contributed by atoms with E-state index in [2.05, 4.69) is 16.4 Å². The number of aromatic nitrogens is 1. The Hall–Kier alpha value is -1.90. The molecule has 17 heavy (non-hydrogen) atoms. The van der Waals surface area contributed by atoms with E-state index in [1.165, 1.54) is 11.3 Å². The van der Waals surface area contributed by atoms with E-state index in [9.17, 15) is 0 Å². The van der Waals surface area contributed by atoms with E-state index in [1.807, 2.05) is 30.3 Å². The molecule has 1 aromatic heterocycles. The highest BCUT2D eigenvalue weighted by Crippen LogP contribution is 2.30. The molecule has 0 saturated carbocycles. The van der Waals surface area contributed by atoms with Crippen molar-refractivity contribution in [2.24, 2.45) is 0 Å². The number of hydrogen-bond donors (Lipinski definition) is 2. The minimum Gasteiger partial charge on any atom is -0.395 e. The number of aliphatic hydroxyl groups is 1. The van der Waals surface area contributed by atoms with Crippen LogP contribution in [-0.4, -0.2) is 23.2 Å². The van der Waals surface area contributed by atoms with Crippen molar-refractivity contribution in [3.05, 3.63) is 35.2 Å². The lowest BCUT2D eigenvalue weighted by Crippen LogP contribution is -2.04. The summed E-state index contributed by atoms with van der Waals surface area (Å²) in [5.41, 5.74) is 1.62. The van der Waals surface area contributed by atoms with Gasteiger partial charge in [0, 0.05) is 12.1 Å². The van der Waals surface area contributed by atoms with Gasteiger partial charge < -0.3 is 10.4 Å². The largest absolute Gasteiger partial charge is 0.395 e. The van der Waals surface area contributed by atoms with Crippen molar-refractivity contribution in [2.45, 2.75) is 0 Å². The molecule has 5 heteroatoms. The molecule has 0 atom stereocenters. The topological polar surface area (TPSA) is 68.9 Å². The Balaban J connectivity index is 2.34. The summed E-state index contributed by atoms with van der Waals surface area (Å²) in [7, 11) is 0. The third-order valence-corrected chi connectivity index (χ3v) is 3.08. The molecule has 0 aliphatic carbocycles. The Kier molecular flexibility index (Phi) is 3.70. The van der Waals surface area contributed by atoms with Gasteiger partial charge in [-0.05, 0) is 0 Å². The Morgan fingerprint density at radius 1 is 1.35 bits per heavy atom. The quantitative estimate of drug-likeness (QED) is 0.865. The summed E-state index contributed by atoms with van der Waals surface area (Å²) in [6.45, 7) is 0.481. The zero-order chi connectivity index (χ0) is 12.1. The van der Waals surface area contributed by atoms with Crippen molar-refractivity contribution in [1.82, 2.24) is 4.98 Å². The molecule has 0 bridgehead atoms. The van der Waals surface area contributed by atoms with Gasteiger partial charge in [-0.3, -0.25) is 0 Å². The van der Waals surface area contributed by atoms with E-state index < -0.39 is 0 Å². The summed E-state index contributed by atoms with van der Waals surface area (Å²) >= 11 is 1.30. The fourth-order valence-corrected chi connectivity index (χ4v) is 2.24. The van der Waals surface area contributed by atoms with Gasteiger partial charge in [-0.25, -0.2) is 4.98 Å². The maximum atomic E-state index is 9.06. The van der Waals surface area contributed by atoms with Gasteiger partial charge in [0.1, 0.15) is 16.6 Å². The third kappa shape index (κ3) is 2.61. The molecule has 0 saturated heterocycles. The number of anilines is 1. The standard InChI is InChI=1S/C12H11N3OS/c13-8-10-11(9-4-2-1-3-5-9)15-12(17-10)14-6-7-16/h1-5,16H,6-7H2,(H,14,15). The number of hydrogen-bond acceptors (Lipinski definition) is 5. The molecule has 2 N–H and O–H groups in total. The number of nitrogens with one attached hydrogen (secondary N) is 1.